The van der Waals surface area contributed by atoms with Gasteiger partial charge in [-0.1, -0.05) is 0 Å². The van der Waals surface area contributed by atoms with Crippen molar-refractivity contribution in [3.8, 4) is 0 Å². The Bertz CT molecular complexity index is 443. The number of hydrogen-bond donors (Lipinski definition) is 2. The van der Waals surface area contributed by atoms with Crippen molar-refractivity contribution in [2.24, 2.45) is 5.73 Å². The van der Waals surface area contributed by atoms with E-state index >= 15 is 0 Å². The molecule has 0 bridgehead atoms. The van der Waals surface area contributed by atoms with Gasteiger partial charge in [-0.05, 0) is 18.6 Å². The number of likely N-dealkylation sites (tertiary alicyclic amines) is 1. The van der Waals surface area contributed by atoms with E-state index in [1.165, 1.54) is 4.90 Å². The molecule has 1 aromatic rings. The fourth-order valence-corrected chi connectivity index (χ4v) is 2.06. The molecule has 1 amide bonds. The lowest BCUT2D eigenvalue weighted by atomic mass is 10.0. The molecule has 0 radical (unpaired) electrons. The summed E-state index contributed by atoms with van der Waals surface area (Å²) in [6.07, 6.45) is 2.69. The van der Waals surface area contributed by atoms with E-state index in [4.69, 9.17) is 15.3 Å². The number of aliphatic carboxylic acids is 1. The number of amides is 1. The molecule has 1 saturated heterocycles. The van der Waals surface area contributed by atoms with Gasteiger partial charge >= 0.3 is 5.97 Å². The van der Waals surface area contributed by atoms with Crippen LogP contribution >= 0.6 is 0 Å². The summed E-state index contributed by atoms with van der Waals surface area (Å²) in [6, 6.07) is 3.58. The van der Waals surface area contributed by atoms with E-state index in [1.807, 2.05) is 6.07 Å². The van der Waals surface area contributed by atoms with Crippen LogP contribution in [0.3, 0.4) is 0 Å². The van der Waals surface area contributed by atoms with Gasteiger partial charge in [0, 0.05) is 25.9 Å². The third-order valence-corrected chi connectivity index (χ3v) is 3.24. The Hall–Kier alpha value is -1.82. The molecule has 6 heteroatoms. The number of carbonyl (C=O) groups is 2. The maximum absolute atomic E-state index is 11.9. The van der Waals surface area contributed by atoms with Crippen molar-refractivity contribution < 1.29 is 19.1 Å². The van der Waals surface area contributed by atoms with Crippen LogP contribution in [0.15, 0.2) is 22.8 Å². The summed E-state index contributed by atoms with van der Waals surface area (Å²) in [6.45, 7) is 0.485. The van der Waals surface area contributed by atoms with Crippen molar-refractivity contribution >= 4 is 11.9 Å². The molecule has 1 unspecified atom stereocenters. The average Bonchev–Trinajstić information content (AvgIpc) is 2.95. The molecule has 0 spiro atoms. The summed E-state index contributed by atoms with van der Waals surface area (Å²) in [5.74, 6) is -0.386. The monoisotopic (exact) mass is 252 g/mol. The predicted octanol–water partition coefficient (Wildman–Crippen LogP) is 0.227. The van der Waals surface area contributed by atoms with Crippen LogP contribution in [0, 0.1) is 0 Å². The quantitative estimate of drug-likeness (QED) is 0.799. The molecule has 1 aliphatic rings. The first-order chi connectivity index (χ1) is 8.51. The number of carbonyl (C=O) groups excluding carboxylic acids is 1. The lowest BCUT2D eigenvalue weighted by molar-refractivity contribution is -0.143. The van der Waals surface area contributed by atoms with E-state index in [0.29, 0.717) is 25.8 Å². The molecule has 2 heterocycles. The van der Waals surface area contributed by atoms with Crippen molar-refractivity contribution in [3.63, 3.8) is 0 Å². The van der Waals surface area contributed by atoms with Crippen LogP contribution in [0.25, 0.3) is 0 Å². The Balaban J connectivity index is 1.86. The lowest BCUT2D eigenvalue weighted by Gasteiger charge is -2.19. The zero-order chi connectivity index (χ0) is 13.2. The van der Waals surface area contributed by atoms with E-state index in [1.54, 1.807) is 12.3 Å². The normalized spacial score (nSPS) is 23.3. The first-order valence-corrected chi connectivity index (χ1v) is 5.84. The standard InChI is InChI=1S/C12H16N2O4/c13-12(11(16)17)5-6-14(8-12)10(15)4-3-9-2-1-7-18-9/h1-2,7H,3-6,8,13H2,(H,16,17). The molecule has 1 aliphatic heterocycles. The lowest BCUT2D eigenvalue weighted by Crippen LogP contribution is -2.50. The molecule has 98 valence electrons. The second-order valence-electron chi connectivity index (χ2n) is 4.61. The number of nitrogens with zero attached hydrogens (tertiary/aromatic N) is 1. The number of furan rings is 1. The SMILES string of the molecule is NC1(C(=O)O)CCN(C(=O)CCc2ccco2)C1. The summed E-state index contributed by atoms with van der Waals surface area (Å²) in [5.41, 5.74) is 4.42. The minimum atomic E-state index is -1.29. The van der Waals surface area contributed by atoms with Crippen LogP contribution in [-0.4, -0.2) is 40.5 Å². The molecule has 3 N–H and O–H groups in total. The van der Waals surface area contributed by atoms with E-state index < -0.39 is 11.5 Å². The molecule has 1 fully saturated rings. The third kappa shape index (κ3) is 2.53. The molecular formula is C12H16N2O4. The van der Waals surface area contributed by atoms with Gasteiger partial charge in [0.15, 0.2) is 0 Å². The zero-order valence-electron chi connectivity index (χ0n) is 9.96. The molecule has 0 aromatic carbocycles. The van der Waals surface area contributed by atoms with Crippen LogP contribution in [0.5, 0.6) is 0 Å². The maximum Gasteiger partial charge on any atom is 0.325 e. The Morgan fingerprint density at radius 3 is 2.89 bits per heavy atom. The first kappa shape index (κ1) is 12.6. The Kier molecular flexibility index (Phi) is 3.38. The maximum atomic E-state index is 11.9. The van der Waals surface area contributed by atoms with Crippen LogP contribution in [0.1, 0.15) is 18.6 Å². The van der Waals surface area contributed by atoms with Crippen LogP contribution in [0.2, 0.25) is 0 Å². The van der Waals surface area contributed by atoms with Crippen molar-refractivity contribution in [2.75, 3.05) is 13.1 Å². The van der Waals surface area contributed by atoms with Gasteiger partial charge in [0.05, 0.1) is 6.26 Å². The zero-order valence-corrected chi connectivity index (χ0v) is 9.96. The molecule has 18 heavy (non-hydrogen) atoms. The van der Waals surface area contributed by atoms with Crippen molar-refractivity contribution in [3.05, 3.63) is 24.2 Å². The van der Waals surface area contributed by atoms with E-state index in [2.05, 4.69) is 0 Å². The summed E-state index contributed by atoms with van der Waals surface area (Å²) in [4.78, 5) is 24.4. The van der Waals surface area contributed by atoms with Gasteiger partial charge in [0.25, 0.3) is 0 Å². The van der Waals surface area contributed by atoms with Crippen molar-refractivity contribution in [2.45, 2.75) is 24.8 Å². The third-order valence-electron chi connectivity index (χ3n) is 3.24. The second kappa shape index (κ2) is 4.81. The Morgan fingerprint density at radius 1 is 1.56 bits per heavy atom. The van der Waals surface area contributed by atoms with Gasteiger partial charge in [0.1, 0.15) is 11.3 Å². The van der Waals surface area contributed by atoms with Crippen LogP contribution in [-0.2, 0) is 16.0 Å². The minimum absolute atomic E-state index is 0.0827. The first-order valence-electron chi connectivity index (χ1n) is 5.84. The molecule has 1 atom stereocenters. The number of aryl methyl sites for hydroxylation is 1. The topological polar surface area (TPSA) is 96.8 Å². The van der Waals surface area contributed by atoms with E-state index in [0.717, 1.165) is 5.76 Å². The Labute approximate surface area is 104 Å². The molecule has 6 nitrogen and oxygen atoms in total. The Morgan fingerprint density at radius 2 is 2.33 bits per heavy atom. The molecule has 0 saturated carbocycles. The fraction of sp³-hybridized carbons (Fsp3) is 0.500. The van der Waals surface area contributed by atoms with Gasteiger partial charge in [-0.15, -0.1) is 0 Å². The summed E-state index contributed by atoms with van der Waals surface area (Å²) < 4.78 is 5.14. The minimum Gasteiger partial charge on any atom is -0.480 e. The van der Waals surface area contributed by atoms with Crippen LogP contribution < -0.4 is 5.73 Å². The number of carboxylic acids is 1. The highest BCUT2D eigenvalue weighted by atomic mass is 16.4. The van der Waals surface area contributed by atoms with Crippen molar-refractivity contribution in [1.29, 1.82) is 0 Å². The van der Waals surface area contributed by atoms with E-state index in [-0.39, 0.29) is 12.5 Å². The number of nitrogens with two attached hydrogens (primary N) is 1. The second-order valence-corrected chi connectivity index (χ2v) is 4.61. The van der Waals surface area contributed by atoms with E-state index in [9.17, 15) is 9.59 Å². The molecule has 2 rings (SSSR count). The summed E-state index contributed by atoms with van der Waals surface area (Å²) >= 11 is 0. The summed E-state index contributed by atoms with van der Waals surface area (Å²) in [7, 11) is 0. The highest BCUT2D eigenvalue weighted by Crippen LogP contribution is 2.20. The highest BCUT2D eigenvalue weighted by molar-refractivity contribution is 5.83. The fourth-order valence-electron chi connectivity index (χ4n) is 2.06. The number of rotatable bonds is 4. The largest absolute Gasteiger partial charge is 0.480 e. The average molecular weight is 252 g/mol. The van der Waals surface area contributed by atoms with Crippen molar-refractivity contribution in [1.82, 2.24) is 4.90 Å². The molecule has 0 aliphatic carbocycles. The number of carboxylic acid groups (broad SMARTS) is 1. The summed E-state index contributed by atoms with van der Waals surface area (Å²) in [5, 5.41) is 8.97. The van der Waals surface area contributed by atoms with Gasteiger partial charge in [-0.25, -0.2) is 0 Å². The predicted molar refractivity (Wildman–Crippen MR) is 62.8 cm³/mol. The van der Waals surface area contributed by atoms with Gasteiger partial charge in [-0.2, -0.15) is 0 Å². The molecule has 1 aromatic heterocycles. The van der Waals surface area contributed by atoms with Gasteiger partial charge < -0.3 is 20.2 Å². The van der Waals surface area contributed by atoms with Crippen LogP contribution in [0.4, 0.5) is 0 Å². The number of hydrogen-bond acceptors (Lipinski definition) is 4. The highest BCUT2D eigenvalue weighted by Gasteiger charge is 2.42. The van der Waals surface area contributed by atoms with Gasteiger partial charge in [-0.3, -0.25) is 9.59 Å². The smallest absolute Gasteiger partial charge is 0.325 e. The van der Waals surface area contributed by atoms with Gasteiger partial charge in [0.2, 0.25) is 5.91 Å². The molecular weight excluding hydrogens is 236 g/mol.